The summed E-state index contributed by atoms with van der Waals surface area (Å²) in [5, 5.41) is 11.5. The van der Waals surface area contributed by atoms with Crippen LogP contribution in [0.5, 0.6) is 0 Å². The van der Waals surface area contributed by atoms with E-state index in [1.807, 2.05) is 24.3 Å². The van der Waals surface area contributed by atoms with E-state index in [4.69, 9.17) is 9.84 Å². The lowest BCUT2D eigenvalue weighted by Crippen LogP contribution is -2.50. The maximum absolute atomic E-state index is 12.3. The van der Waals surface area contributed by atoms with E-state index in [0.29, 0.717) is 18.7 Å². The summed E-state index contributed by atoms with van der Waals surface area (Å²) in [6.45, 7) is 3.01. The second-order valence-corrected chi connectivity index (χ2v) is 8.27. The molecule has 0 atom stereocenters. The molecule has 2 amide bonds. The number of fused-ring (bicyclic) bond motifs is 3. The minimum absolute atomic E-state index is 0.00262. The number of likely N-dealkylation sites (tertiary alicyclic amines) is 1. The number of benzene rings is 2. The maximum atomic E-state index is 12.3. The van der Waals surface area contributed by atoms with E-state index >= 15 is 0 Å². The van der Waals surface area contributed by atoms with Crippen LogP contribution in [0.4, 0.5) is 4.79 Å². The van der Waals surface area contributed by atoms with E-state index < -0.39 is 12.1 Å². The molecule has 166 valence electrons. The Bertz CT molecular complexity index is 1030. The lowest BCUT2D eigenvalue weighted by molar-refractivity contribution is -0.143. The van der Waals surface area contributed by atoms with Gasteiger partial charge in [-0.3, -0.25) is 9.59 Å². The molecular weight excluding hydrogens is 408 g/mol. The Morgan fingerprint density at radius 3 is 2.25 bits per heavy atom. The molecule has 0 spiro atoms. The largest absolute Gasteiger partial charge is 0.481 e. The minimum Gasteiger partial charge on any atom is -0.481 e. The van der Waals surface area contributed by atoms with Crippen LogP contribution >= 0.6 is 0 Å². The number of carbonyl (C=O) groups is 3. The summed E-state index contributed by atoms with van der Waals surface area (Å²) in [5.41, 5.74) is 5.16. The molecule has 4 rings (SSSR count). The van der Waals surface area contributed by atoms with Gasteiger partial charge in [0.05, 0.1) is 6.42 Å². The summed E-state index contributed by atoms with van der Waals surface area (Å²) in [6, 6.07) is 16.3. The average Bonchev–Trinajstić information content (AvgIpc) is 3.07. The van der Waals surface area contributed by atoms with Gasteiger partial charge in [-0.2, -0.15) is 0 Å². The number of carboxylic acids is 1. The second kappa shape index (κ2) is 9.26. The number of hydrogen-bond acceptors (Lipinski definition) is 4. The molecule has 2 aromatic carbocycles. The summed E-state index contributed by atoms with van der Waals surface area (Å²) in [4.78, 5) is 36.9. The van der Waals surface area contributed by atoms with E-state index in [-0.39, 0.29) is 37.3 Å². The SMILES string of the molecule is C/C(=C\CNC(=O)OCC1c2ccccc2-c2ccccc21)C(=O)N1CC(CC(=O)O)C1. The van der Waals surface area contributed by atoms with Crippen molar-refractivity contribution in [2.24, 2.45) is 5.92 Å². The van der Waals surface area contributed by atoms with Crippen molar-refractivity contribution in [2.45, 2.75) is 19.3 Å². The monoisotopic (exact) mass is 434 g/mol. The van der Waals surface area contributed by atoms with Gasteiger partial charge in [0.15, 0.2) is 0 Å². The Hall–Kier alpha value is -3.61. The second-order valence-electron chi connectivity index (χ2n) is 8.27. The fourth-order valence-corrected chi connectivity index (χ4v) is 4.39. The standard InChI is InChI=1S/C25H26N2O5/c1-16(24(30)27-13-17(14-27)12-23(28)29)10-11-26-25(31)32-15-22-20-8-4-2-6-18(20)19-7-3-5-9-21(19)22/h2-10,17,22H,11-15H2,1H3,(H,26,31)(H,28,29)/b16-10+. The molecule has 0 unspecified atom stereocenters. The van der Waals surface area contributed by atoms with Gasteiger partial charge in [0.1, 0.15) is 6.61 Å². The first-order chi connectivity index (χ1) is 15.4. The van der Waals surface area contributed by atoms with E-state index in [1.165, 1.54) is 11.1 Å². The van der Waals surface area contributed by atoms with Gasteiger partial charge in [0.25, 0.3) is 0 Å². The highest BCUT2D eigenvalue weighted by molar-refractivity contribution is 5.93. The zero-order valence-corrected chi connectivity index (χ0v) is 17.9. The van der Waals surface area contributed by atoms with Crippen LogP contribution in [-0.2, 0) is 14.3 Å². The highest BCUT2D eigenvalue weighted by atomic mass is 16.5. The maximum Gasteiger partial charge on any atom is 0.407 e. The molecule has 7 nitrogen and oxygen atoms in total. The summed E-state index contributed by atoms with van der Waals surface area (Å²) >= 11 is 0. The summed E-state index contributed by atoms with van der Waals surface area (Å²) in [7, 11) is 0. The summed E-state index contributed by atoms with van der Waals surface area (Å²) in [5.74, 6) is -0.969. The lowest BCUT2D eigenvalue weighted by atomic mass is 9.95. The van der Waals surface area contributed by atoms with Gasteiger partial charge in [-0.15, -0.1) is 0 Å². The van der Waals surface area contributed by atoms with Gasteiger partial charge in [0, 0.05) is 37.0 Å². The van der Waals surface area contributed by atoms with Crippen LogP contribution in [0.3, 0.4) is 0 Å². The molecule has 1 heterocycles. The topological polar surface area (TPSA) is 95.9 Å². The first-order valence-electron chi connectivity index (χ1n) is 10.7. The fourth-order valence-electron chi connectivity index (χ4n) is 4.39. The molecule has 0 bridgehead atoms. The molecule has 0 radical (unpaired) electrons. The van der Waals surface area contributed by atoms with Crippen molar-refractivity contribution in [1.82, 2.24) is 10.2 Å². The molecule has 32 heavy (non-hydrogen) atoms. The van der Waals surface area contributed by atoms with Gasteiger partial charge in [-0.05, 0) is 29.2 Å². The van der Waals surface area contributed by atoms with Crippen LogP contribution in [0.15, 0.2) is 60.2 Å². The van der Waals surface area contributed by atoms with Crippen molar-refractivity contribution in [2.75, 3.05) is 26.2 Å². The number of nitrogens with one attached hydrogen (secondary N) is 1. The zero-order valence-electron chi connectivity index (χ0n) is 17.9. The van der Waals surface area contributed by atoms with Gasteiger partial charge in [-0.25, -0.2) is 4.79 Å². The third kappa shape index (κ3) is 4.51. The number of carbonyl (C=O) groups excluding carboxylic acids is 2. The molecule has 2 aliphatic rings. The quantitative estimate of drug-likeness (QED) is 0.651. The van der Waals surface area contributed by atoms with E-state index in [1.54, 1.807) is 17.9 Å². The van der Waals surface area contributed by atoms with Crippen molar-refractivity contribution >= 4 is 18.0 Å². The molecule has 1 saturated heterocycles. The van der Waals surface area contributed by atoms with E-state index in [2.05, 4.69) is 29.6 Å². The summed E-state index contributed by atoms with van der Waals surface area (Å²) < 4.78 is 5.48. The number of carboxylic acid groups (broad SMARTS) is 1. The Morgan fingerprint density at radius 2 is 1.66 bits per heavy atom. The predicted octanol–water partition coefficient (Wildman–Crippen LogP) is 3.40. The molecule has 2 N–H and O–H groups in total. The van der Waals surface area contributed by atoms with E-state index in [9.17, 15) is 14.4 Å². The van der Waals surface area contributed by atoms with Crippen molar-refractivity contribution < 1.29 is 24.2 Å². The van der Waals surface area contributed by atoms with Crippen LogP contribution in [0.25, 0.3) is 11.1 Å². The summed E-state index contributed by atoms with van der Waals surface area (Å²) in [6.07, 6.45) is 1.19. The molecule has 1 aliphatic heterocycles. The highest BCUT2D eigenvalue weighted by Gasteiger charge is 2.32. The van der Waals surface area contributed by atoms with Crippen molar-refractivity contribution in [1.29, 1.82) is 0 Å². The normalized spacial score (nSPS) is 15.5. The van der Waals surface area contributed by atoms with Gasteiger partial charge < -0.3 is 20.1 Å². The number of hydrogen-bond donors (Lipinski definition) is 2. The molecular formula is C25H26N2O5. The third-order valence-electron chi connectivity index (χ3n) is 6.04. The van der Waals surface area contributed by atoms with Crippen molar-refractivity contribution in [3.8, 4) is 11.1 Å². The van der Waals surface area contributed by atoms with Crippen LogP contribution in [-0.4, -0.2) is 54.2 Å². The lowest BCUT2D eigenvalue weighted by Gasteiger charge is -2.38. The van der Waals surface area contributed by atoms with Gasteiger partial charge in [0.2, 0.25) is 5.91 Å². The third-order valence-corrected chi connectivity index (χ3v) is 6.04. The number of alkyl carbamates (subject to hydrolysis) is 1. The number of amides is 2. The number of rotatable bonds is 7. The predicted molar refractivity (Wildman–Crippen MR) is 119 cm³/mol. The van der Waals surface area contributed by atoms with Crippen molar-refractivity contribution in [3.05, 3.63) is 71.3 Å². The zero-order chi connectivity index (χ0) is 22.7. The first kappa shape index (κ1) is 21.6. The Morgan fingerprint density at radius 1 is 1.06 bits per heavy atom. The number of aliphatic carboxylic acids is 1. The van der Waals surface area contributed by atoms with Gasteiger partial charge >= 0.3 is 12.1 Å². The smallest absolute Gasteiger partial charge is 0.407 e. The molecule has 2 aromatic rings. The Balaban J connectivity index is 1.25. The van der Waals surface area contributed by atoms with Crippen LogP contribution < -0.4 is 5.32 Å². The van der Waals surface area contributed by atoms with Crippen LogP contribution in [0.1, 0.15) is 30.4 Å². The number of nitrogens with zero attached hydrogens (tertiary/aromatic N) is 1. The van der Waals surface area contributed by atoms with Crippen LogP contribution in [0, 0.1) is 5.92 Å². The average molecular weight is 434 g/mol. The number of ether oxygens (including phenoxy) is 1. The first-order valence-corrected chi connectivity index (χ1v) is 10.7. The molecule has 0 aromatic heterocycles. The Kier molecular flexibility index (Phi) is 6.25. The minimum atomic E-state index is -0.846. The van der Waals surface area contributed by atoms with Crippen LogP contribution in [0.2, 0.25) is 0 Å². The van der Waals surface area contributed by atoms with Crippen molar-refractivity contribution in [3.63, 3.8) is 0 Å². The molecule has 1 fully saturated rings. The van der Waals surface area contributed by atoms with Gasteiger partial charge in [-0.1, -0.05) is 54.6 Å². The fraction of sp³-hybridized carbons (Fsp3) is 0.320. The molecule has 7 heteroatoms. The Labute approximate surface area is 186 Å². The van der Waals surface area contributed by atoms with E-state index in [0.717, 1.165) is 11.1 Å². The molecule has 0 saturated carbocycles. The molecule has 1 aliphatic carbocycles. The highest BCUT2D eigenvalue weighted by Crippen LogP contribution is 2.44.